The third-order valence-corrected chi connectivity index (χ3v) is 3.66. The molecule has 4 heteroatoms. The van der Waals surface area contributed by atoms with Crippen LogP contribution < -0.4 is 10.1 Å². The highest BCUT2D eigenvalue weighted by Gasteiger charge is 2.06. The third kappa shape index (κ3) is 3.40. The van der Waals surface area contributed by atoms with Crippen LogP contribution in [0.25, 0.3) is 10.8 Å². The van der Waals surface area contributed by atoms with Crippen LogP contribution in [0.4, 0.5) is 5.69 Å². The Bertz CT molecular complexity index is 817. The van der Waals surface area contributed by atoms with Gasteiger partial charge in [-0.2, -0.15) is 0 Å². The number of anilines is 1. The highest BCUT2D eigenvalue weighted by Crippen LogP contribution is 2.21. The zero-order valence-corrected chi connectivity index (χ0v) is 12.7. The second-order valence-electron chi connectivity index (χ2n) is 4.86. The Balaban J connectivity index is 1.63. The first kappa shape index (κ1) is 14.5. The smallest absolute Gasteiger partial charge is 0.262 e. The van der Waals surface area contributed by atoms with Gasteiger partial charge in [0.2, 0.25) is 0 Å². The van der Waals surface area contributed by atoms with Crippen molar-refractivity contribution in [2.45, 2.75) is 4.90 Å². The maximum absolute atomic E-state index is 11.9. The van der Waals surface area contributed by atoms with E-state index < -0.39 is 0 Å². The third-order valence-electron chi connectivity index (χ3n) is 3.27. The van der Waals surface area contributed by atoms with Crippen molar-refractivity contribution >= 4 is 35.0 Å². The molecule has 0 aliphatic rings. The minimum absolute atomic E-state index is 0.0412. The maximum Gasteiger partial charge on any atom is 0.262 e. The number of amides is 1. The molecular weight excluding hydrogens is 294 g/mol. The molecule has 0 saturated heterocycles. The van der Waals surface area contributed by atoms with Crippen molar-refractivity contribution in [1.82, 2.24) is 0 Å². The number of para-hydroxylation sites is 1. The number of thiol groups is 1. The van der Waals surface area contributed by atoms with E-state index in [-0.39, 0.29) is 12.5 Å². The average molecular weight is 309 g/mol. The summed E-state index contributed by atoms with van der Waals surface area (Å²) in [5, 5.41) is 5.00. The van der Waals surface area contributed by atoms with Crippen molar-refractivity contribution in [3.05, 3.63) is 66.7 Å². The monoisotopic (exact) mass is 309 g/mol. The van der Waals surface area contributed by atoms with E-state index in [0.717, 1.165) is 15.7 Å². The molecule has 0 aromatic heterocycles. The number of nitrogens with one attached hydrogen (secondary N) is 1. The van der Waals surface area contributed by atoms with E-state index in [4.69, 9.17) is 4.74 Å². The number of carbonyl (C=O) groups is 1. The molecule has 110 valence electrons. The SMILES string of the molecule is O=C(COc1ccc2ccccc2c1)Nc1ccccc1S. The molecule has 0 fully saturated rings. The molecule has 1 amide bonds. The predicted octanol–water partition coefficient (Wildman–Crippen LogP) is 4.15. The number of benzene rings is 3. The van der Waals surface area contributed by atoms with Gasteiger partial charge < -0.3 is 10.1 Å². The minimum atomic E-state index is -0.213. The van der Waals surface area contributed by atoms with Gasteiger partial charge >= 0.3 is 0 Å². The first-order chi connectivity index (χ1) is 10.7. The van der Waals surface area contributed by atoms with Crippen LogP contribution in [-0.4, -0.2) is 12.5 Å². The van der Waals surface area contributed by atoms with E-state index in [9.17, 15) is 4.79 Å². The molecule has 0 atom stereocenters. The van der Waals surface area contributed by atoms with Crippen LogP contribution in [-0.2, 0) is 4.79 Å². The normalized spacial score (nSPS) is 10.4. The summed E-state index contributed by atoms with van der Waals surface area (Å²) in [4.78, 5) is 12.7. The second-order valence-corrected chi connectivity index (χ2v) is 5.34. The van der Waals surface area contributed by atoms with Gasteiger partial charge in [-0.1, -0.05) is 42.5 Å². The van der Waals surface area contributed by atoms with E-state index in [1.807, 2.05) is 60.7 Å². The molecule has 1 N–H and O–H groups in total. The van der Waals surface area contributed by atoms with Gasteiger partial charge in [0.25, 0.3) is 5.91 Å². The second kappa shape index (κ2) is 6.54. The molecule has 0 saturated carbocycles. The molecule has 22 heavy (non-hydrogen) atoms. The molecule has 0 unspecified atom stereocenters. The fourth-order valence-electron chi connectivity index (χ4n) is 2.17. The number of ether oxygens (including phenoxy) is 1. The Morgan fingerprint density at radius 1 is 0.955 bits per heavy atom. The topological polar surface area (TPSA) is 38.3 Å². The largest absolute Gasteiger partial charge is 0.484 e. The van der Waals surface area contributed by atoms with Gasteiger partial charge in [-0.05, 0) is 35.0 Å². The number of hydrogen-bond donors (Lipinski definition) is 2. The summed E-state index contributed by atoms with van der Waals surface area (Å²) in [6.45, 7) is -0.0412. The van der Waals surface area contributed by atoms with Crippen LogP contribution in [0.2, 0.25) is 0 Å². The maximum atomic E-state index is 11.9. The Kier molecular flexibility index (Phi) is 4.30. The standard InChI is InChI=1S/C18H15NO2S/c20-18(19-16-7-3-4-8-17(16)22)12-21-15-10-9-13-5-1-2-6-14(13)11-15/h1-11,22H,12H2,(H,19,20). The highest BCUT2D eigenvalue weighted by atomic mass is 32.1. The summed E-state index contributed by atoms with van der Waals surface area (Å²) < 4.78 is 5.55. The lowest BCUT2D eigenvalue weighted by Crippen LogP contribution is -2.20. The van der Waals surface area contributed by atoms with E-state index >= 15 is 0 Å². The van der Waals surface area contributed by atoms with Crippen molar-refractivity contribution in [2.75, 3.05) is 11.9 Å². The average Bonchev–Trinajstić information content (AvgIpc) is 2.55. The van der Waals surface area contributed by atoms with Crippen LogP contribution in [0.15, 0.2) is 71.6 Å². The van der Waals surface area contributed by atoms with E-state index in [2.05, 4.69) is 17.9 Å². The fourth-order valence-corrected chi connectivity index (χ4v) is 2.39. The quantitative estimate of drug-likeness (QED) is 0.711. The molecule has 0 heterocycles. The van der Waals surface area contributed by atoms with Gasteiger partial charge in [0.05, 0.1) is 5.69 Å². The fraction of sp³-hybridized carbons (Fsp3) is 0.0556. The van der Waals surface area contributed by atoms with Crippen molar-refractivity contribution in [3.63, 3.8) is 0 Å². The van der Waals surface area contributed by atoms with E-state index in [0.29, 0.717) is 11.4 Å². The van der Waals surface area contributed by atoms with Crippen molar-refractivity contribution in [2.24, 2.45) is 0 Å². The molecular formula is C18H15NO2S. The summed E-state index contributed by atoms with van der Waals surface area (Å²) >= 11 is 4.30. The number of fused-ring (bicyclic) bond motifs is 1. The van der Waals surface area contributed by atoms with Crippen LogP contribution in [0, 0.1) is 0 Å². The van der Waals surface area contributed by atoms with Crippen molar-refractivity contribution in [3.8, 4) is 5.75 Å². The van der Waals surface area contributed by atoms with Crippen LogP contribution in [0.1, 0.15) is 0 Å². The Labute approximate surface area is 134 Å². The summed E-state index contributed by atoms with van der Waals surface area (Å²) in [5.41, 5.74) is 0.679. The number of carbonyl (C=O) groups excluding carboxylic acids is 1. The van der Waals surface area contributed by atoms with Crippen molar-refractivity contribution < 1.29 is 9.53 Å². The lowest BCUT2D eigenvalue weighted by Gasteiger charge is -2.09. The molecule has 0 aliphatic carbocycles. The molecule has 0 spiro atoms. The molecule has 3 rings (SSSR count). The van der Waals surface area contributed by atoms with Crippen LogP contribution in [0.5, 0.6) is 5.75 Å². The van der Waals surface area contributed by atoms with Gasteiger partial charge in [0.1, 0.15) is 5.75 Å². The first-order valence-electron chi connectivity index (χ1n) is 6.92. The van der Waals surface area contributed by atoms with Crippen molar-refractivity contribution in [1.29, 1.82) is 0 Å². The Morgan fingerprint density at radius 2 is 1.68 bits per heavy atom. The molecule has 0 aliphatic heterocycles. The van der Waals surface area contributed by atoms with Gasteiger partial charge in [-0.15, -0.1) is 12.6 Å². The lowest BCUT2D eigenvalue weighted by atomic mass is 10.1. The van der Waals surface area contributed by atoms with Crippen LogP contribution >= 0.6 is 12.6 Å². The van der Waals surface area contributed by atoms with E-state index in [1.54, 1.807) is 6.07 Å². The molecule has 0 radical (unpaired) electrons. The van der Waals surface area contributed by atoms with Crippen LogP contribution in [0.3, 0.4) is 0 Å². The summed E-state index contributed by atoms with van der Waals surface area (Å²) in [7, 11) is 0. The molecule has 3 nitrogen and oxygen atoms in total. The summed E-state index contributed by atoms with van der Waals surface area (Å²) in [6, 6.07) is 21.1. The number of rotatable bonds is 4. The van der Waals surface area contributed by atoms with Gasteiger partial charge in [0.15, 0.2) is 6.61 Å². The molecule has 3 aromatic carbocycles. The molecule has 0 bridgehead atoms. The van der Waals surface area contributed by atoms with Gasteiger partial charge in [-0.3, -0.25) is 4.79 Å². The minimum Gasteiger partial charge on any atom is -0.484 e. The summed E-state index contributed by atoms with van der Waals surface area (Å²) in [5.74, 6) is 0.461. The Hall–Kier alpha value is -2.46. The first-order valence-corrected chi connectivity index (χ1v) is 7.36. The van der Waals surface area contributed by atoms with Gasteiger partial charge in [0, 0.05) is 4.90 Å². The number of hydrogen-bond acceptors (Lipinski definition) is 3. The molecule has 3 aromatic rings. The van der Waals surface area contributed by atoms with E-state index in [1.165, 1.54) is 0 Å². The zero-order chi connectivity index (χ0) is 15.4. The van der Waals surface area contributed by atoms with Gasteiger partial charge in [-0.25, -0.2) is 0 Å². The highest BCUT2D eigenvalue weighted by molar-refractivity contribution is 7.80. The summed E-state index contributed by atoms with van der Waals surface area (Å²) in [6.07, 6.45) is 0. The zero-order valence-electron chi connectivity index (χ0n) is 11.8. The predicted molar refractivity (Wildman–Crippen MR) is 91.8 cm³/mol. The lowest BCUT2D eigenvalue weighted by molar-refractivity contribution is -0.118. The Morgan fingerprint density at radius 3 is 2.50 bits per heavy atom.